The fourth-order valence-electron chi connectivity index (χ4n) is 1.27. The number of alkyl halides is 3. The number of nitrogens with zero attached hydrogens (tertiary/aromatic N) is 2. The zero-order valence-corrected chi connectivity index (χ0v) is 11.2. The van der Waals surface area contributed by atoms with Gasteiger partial charge in [-0.25, -0.2) is 14.9 Å². The number of halogens is 4. The monoisotopic (exact) mass is 310 g/mol. The summed E-state index contributed by atoms with van der Waals surface area (Å²) in [5.41, 5.74) is -2.27. The zero-order valence-electron chi connectivity index (χ0n) is 10.4. The van der Waals surface area contributed by atoms with Crippen molar-refractivity contribution in [2.75, 3.05) is 14.2 Å². The van der Waals surface area contributed by atoms with Crippen molar-refractivity contribution >= 4 is 29.6 Å². The number of hydrogen-bond donors (Lipinski definition) is 1. The lowest BCUT2D eigenvalue weighted by molar-refractivity contribution is -0.137. The lowest BCUT2D eigenvalue weighted by Gasteiger charge is -2.14. The van der Waals surface area contributed by atoms with Crippen LogP contribution in [0.1, 0.15) is 15.9 Å². The van der Waals surface area contributed by atoms with Gasteiger partial charge in [0.15, 0.2) is 0 Å². The minimum atomic E-state index is -4.71. The quantitative estimate of drug-likeness (QED) is 0.527. The van der Waals surface area contributed by atoms with Crippen molar-refractivity contribution < 1.29 is 27.9 Å². The highest BCUT2D eigenvalue weighted by Crippen LogP contribution is 2.41. The molecule has 0 bridgehead atoms. The van der Waals surface area contributed by atoms with Gasteiger partial charge in [-0.3, -0.25) is 4.84 Å². The van der Waals surface area contributed by atoms with E-state index in [1.165, 1.54) is 14.2 Å². The third kappa shape index (κ3) is 3.61. The maximum Gasteiger partial charge on any atom is 0.418 e. The summed E-state index contributed by atoms with van der Waals surface area (Å²) in [4.78, 5) is 19.1. The van der Waals surface area contributed by atoms with Gasteiger partial charge in [-0.2, -0.15) is 13.2 Å². The molecule has 0 atom stereocenters. The molecule has 1 N–H and O–H groups in total. The summed E-state index contributed by atoms with van der Waals surface area (Å²) in [6.45, 7) is 0. The van der Waals surface area contributed by atoms with E-state index >= 15 is 0 Å². The van der Waals surface area contributed by atoms with Gasteiger partial charge in [0.2, 0.25) is 0 Å². The summed E-state index contributed by atoms with van der Waals surface area (Å²) in [6.07, 6.45) is -3.76. The summed E-state index contributed by atoms with van der Waals surface area (Å²) < 4.78 is 38.5. The van der Waals surface area contributed by atoms with Crippen molar-refractivity contribution in [1.29, 1.82) is 0 Å². The van der Waals surface area contributed by atoms with Gasteiger partial charge in [0.1, 0.15) is 6.34 Å². The van der Waals surface area contributed by atoms with E-state index in [1.54, 1.807) is 0 Å². The van der Waals surface area contributed by atoms with Crippen molar-refractivity contribution in [3.63, 3.8) is 0 Å². The van der Waals surface area contributed by atoms with Gasteiger partial charge in [0.05, 0.1) is 28.9 Å². The summed E-state index contributed by atoms with van der Waals surface area (Å²) in [6, 6.07) is 1.40. The summed E-state index contributed by atoms with van der Waals surface area (Å²) in [5, 5.41) is 9.30. The number of carbonyl (C=O) groups is 1. The van der Waals surface area contributed by atoms with E-state index in [-0.39, 0.29) is 0 Å². The van der Waals surface area contributed by atoms with Crippen molar-refractivity contribution in [1.82, 2.24) is 5.06 Å². The average Bonchev–Trinajstić information content (AvgIpc) is 2.34. The van der Waals surface area contributed by atoms with Gasteiger partial charge >= 0.3 is 12.1 Å². The molecule has 20 heavy (non-hydrogen) atoms. The molecule has 0 unspecified atom stereocenters. The maximum atomic E-state index is 12.8. The molecule has 0 saturated heterocycles. The van der Waals surface area contributed by atoms with Crippen molar-refractivity contribution in [2.45, 2.75) is 6.18 Å². The number of aromatic carboxylic acids is 1. The second-order valence-corrected chi connectivity index (χ2v) is 3.98. The van der Waals surface area contributed by atoms with Crippen LogP contribution in [0.15, 0.2) is 17.1 Å². The number of rotatable bonds is 4. The first-order chi connectivity index (χ1) is 9.18. The molecule has 0 aliphatic carbocycles. The van der Waals surface area contributed by atoms with Crippen molar-refractivity contribution in [3.8, 4) is 0 Å². The summed E-state index contributed by atoms with van der Waals surface area (Å²) in [5.74, 6) is -1.44. The Balaban J connectivity index is 3.45. The molecule has 0 saturated carbocycles. The number of carboxylic acid groups (broad SMARTS) is 1. The van der Waals surface area contributed by atoms with Gasteiger partial charge in [-0.15, -0.1) is 0 Å². The molecule has 110 valence electrons. The van der Waals surface area contributed by atoms with Crippen LogP contribution in [0, 0.1) is 0 Å². The predicted octanol–water partition coefficient (Wildman–Crippen LogP) is 3.21. The molecule has 0 heterocycles. The van der Waals surface area contributed by atoms with E-state index in [0.717, 1.165) is 17.5 Å². The number of aliphatic imine (C=N–C) groups is 1. The highest BCUT2D eigenvalue weighted by atomic mass is 35.5. The predicted molar refractivity (Wildman–Crippen MR) is 66.3 cm³/mol. The molecule has 9 heteroatoms. The highest BCUT2D eigenvalue weighted by Gasteiger charge is 2.35. The van der Waals surface area contributed by atoms with Gasteiger partial charge in [-0.1, -0.05) is 11.6 Å². The van der Waals surface area contributed by atoms with Crippen LogP contribution >= 0.6 is 11.6 Å². The lowest BCUT2D eigenvalue weighted by Crippen LogP contribution is -2.14. The van der Waals surface area contributed by atoms with E-state index < -0.39 is 34.0 Å². The van der Waals surface area contributed by atoms with E-state index in [9.17, 15) is 18.0 Å². The Morgan fingerprint density at radius 2 is 2.10 bits per heavy atom. The Hall–Kier alpha value is -1.80. The second kappa shape index (κ2) is 6.10. The van der Waals surface area contributed by atoms with Crippen LogP contribution in [0.4, 0.5) is 18.9 Å². The molecule has 0 fully saturated rings. The molecule has 5 nitrogen and oxygen atoms in total. The molecule has 0 spiro atoms. The topological polar surface area (TPSA) is 62.1 Å². The van der Waals surface area contributed by atoms with Crippen LogP contribution in [0.2, 0.25) is 5.02 Å². The first-order valence-corrected chi connectivity index (χ1v) is 5.50. The third-order valence-electron chi connectivity index (χ3n) is 2.29. The Morgan fingerprint density at radius 3 is 2.55 bits per heavy atom. The molecule has 0 radical (unpaired) electrons. The van der Waals surface area contributed by atoms with Gasteiger partial charge in [-0.05, 0) is 12.1 Å². The fourth-order valence-corrected chi connectivity index (χ4v) is 1.57. The molecule has 0 amide bonds. The Morgan fingerprint density at radius 1 is 1.50 bits per heavy atom. The molecule has 1 aromatic carbocycles. The molecular weight excluding hydrogens is 301 g/mol. The smallest absolute Gasteiger partial charge is 0.418 e. The normalized spacial score (nSPS) is 11.9. The van der Waals surface area contributed by atoms with E-state index in [0.29, 0.717) is 6.07 Å². The van der Waals surface area contributed by atoms with Crippen LogP contribution in [0.5, 0.6) is 0 Å². The van der Waals surface area contributed by atoms with Gasteiger partial charge in [0.25, 0.3) is 0 Å². The van der Waals surface area contributed by atoms with E-state index in [2.05, 4.69) is 9.83 Å². The molecule has 0 aliphatic heterocycles. The van der Waals surface area contributed by atoms with Crippen LogP contribution in [0.3, 0.4) is 0 Å². The van der Waals surface area contributed by atoms with Crippen molar-refractivity contribution in [3.05, 3.63) is 28.3 Å². The first kappa shape index (κ1) is 16.3. The Labute approximate surface area is 117 Å². The van der Waals surface area contributed by atoms with Gasteiger partial charge in [0, 0.05) is 7.05 Å². The Bertz CT molecular complexity index is 546. The minimum absolute atomic E-state index is 0.466. The number of carboxylic acids is 1. The summed E-state index contributed by atoms with van der Waals surface area (Å²) >= 11 is 5.69. The van der Waals surface area contributed by atoms with Crippen molar-refractivity contribution in [2.24, 2.45) is 4.99 Å². The molecular formula is C11H10ClF3N2O3. The fraction of sp³-hybridized carbons (Fsp3) is 0.273. The first-order valence-electron chi connectivity index (χ1n) is 5.12. The molecule has 0 aliphatic rings. The maximum absolute atomic E-state index is 12.8. The third-order valence-corrected chi connectivity index (χ3v) is 2.67. The molecule has 0 aromatic heterocycles. The van der Waals surface area contributed by atoms with Crippen LogP contribution in [0.25, 0.3) is 0 Å². The Kier molecular flexibility index (Phi) is 4.96. The average molecular weight is 311 g/mol. The highest BCUT2D eigenvalue weighted by molar-refractivity contribution is 6.36. The number of benzene rings is 1. The SMILES string of the molecule is CON(C)C=Nc1c(C(F)(F)F)ccc(C(=O)O)c1Cl. The van der Waals surface area contributed by atoms with Crippen LogP contribution in [-0.4, -0.2) is 36.6 Å². The number of hydrogen-bond acceptors (Lipinski definition) is 3. The summed E-state index contributed by atoms with van der Waals surface area (Å²) in [7, 11) is 2.68. The minimum Gasteiger partial charge on any atom is -0.478 e. The van der Waals surface area contributed by atoms with Gasteiger partial charge < -0.3 is 5.11 Å². The zero-order chi connectivity index (χ0) is 15.5. The number of hydroxylamine groups is 2. The van der Waals surface area contributed by atoms with Crippen LogP contribution < -0.4 is 0 Å². The van der Waals surface area contributed by atoms with E-state index in [4.69, 9.17) is 16.7 Å². The lowest BCUT2D eigenvalue weighted by atomic mass is 10.1. The largest absolute Gasteiger partial charge is 0.478 e. The second-order valence-electron chi connectivity index (χ2n) is 3.60. The molecule has 1 aromatic rings. The van der Waals surface area contributed by atoms with E-state index in [1.807, 2.05) is 0 Å². The van der Waals surface area contributed by atoms with Crippen LogP contribution in [-0.2, 0) is 11.0 Å². The molecule has 1 rings (SSSR count). The standard InChI is InChI=1S/C11H10ClF3N2O3/c1-17(20-2)5-16-9-7(11(13,14)15)4-3-6(8(9)12)10(18)19/h3-5H,1-2H3,(H,18,19).